The summed E-state index contributed by atoms with van der Waals surface area (Å²) >= 11 is 0. The smallest absolute Gasteiger partial charge is 0.226 e. The number of carbonyl (C=O) groups is 1. The van der Waals surface area contributed by atoms with E-state index in [2.05, 4.69) is 23.9 Å². The maximum atomic E-state index is 12.8. The summed E-state index contributed by atoms with van der Waals surface area (Å²) in [6.07, 6.45) is 3.71. The minimum absolute atomic E-state index is 0.0419. The van der Waals surface area contributed by atoms with E-state index in [9.17, 15) is 4.79 Å². The van der Waals surface area contributed by atoms with Gasteiger partial charge in [-0.15, -0.1) is 0 Å². The fourth-order valence-electron chi connectivity index (χ4n) is 5.04. The number of methoxy groups -OCH3 is 1. The third-order valence-corrected chi connectivity index (χ3v) is 6.55. The molecule has 4 heteroatoms. The number of rotatable bonds is 2. The zero-order chi connectivity index (χ0) is 20.1. The van der Waals surface area contributed by atoms with Gasteiger partial charge in [-0.05, 0) is 54.7 Å². The fourth-order valence-corrected chi connectivity index (χ4v) is 5.04. The molecule has 0 unspecified atom stereocenters. The van der Waals surface area contributed by atoms with Crippen LogP contribution < -0.4 is 4.74 Å². The number of nitrogens with zero attached hydrogens (tertiary/aromatic N) is 2. The fraction of sp³-hybridized carbons (Fsp3) is 0.375. The van der Waals surface area contributed by atoms with Crippen LogP contribution in [0.4, 0.5) is 0 Å². The predicted octanol–water partition coefficient (Wildman–Crippen LogP) is 4.99. The van der Waals surface area contributed by atoms with Gasteiger partial charge in [-0.2, -0.15) is 0 Å². The Bertz CT molecular complexity index is 1030. The number of aromatic nitrogens is 1. The molecule has 1 heterocycles. The van der Waals surface area contributed by atoms with E-state index in [1.807, 2.05) is 44.2 Å². The van der Waals surface area contributed by atoms with E-state index in [-0.39, 0.29) is 17.4 Å². The average Bonchev–Trinajstić information content (AvgIpc) is 2.70. The van der Waals surface area contributed by atoms with Crippen LogP contribution in [0.2, 0.25) is 0 Å². The molecule has 2 atom stereocenters. The van der Waals surface area contributed by atoms with Gasteiger partial charge in [0.1, 0.15) is 5.75 Å². The highest BCUT2D eigenvalue weighted by atomic mass is 16.5. The quantitative estimate of drug-likeness (QED) is 0.698. The topological polar surface area (TPSA) is 43.5 Å². The van der Waals surface area contributed by atoms with Crippen molar-refractivity contribution in [3.05, 3.63) is 70.8 Å². The van der Waals surface area contributed by atoms with Crippen molar-refractivity contribution >= 4 is 5.78 Å². The SMILES string of the molecule is [C-]#[N+]C1=C[C@]2(C)c3nc(-c4ccc(OC)cc4)ccc3CC[C@H]2C(C)(C)C1=O. The van der Waals surface area contributed by atoms with Crippen LogP contribution in [0, 0.1) is 17.9 Å². The number of allylic oxidation sites excluding steroid dienone is 2. The van der Waals surface area contributed by atoms with E-state index in [0.717, 1.165) is 35.5 Å². The Hall–Kier alpha value is -2.93. The minimum Gasteiger partial charge on any atom is -0.497 e. The molecule has 4 nitrogen and oxygen atoms in total. The van der Waals surface area contributed by atoms with Gasteiger partial charge in [0.25, 0.3) is 0 Å². The predicted molar refractivity (Wildman–Crippen MR) is 109 cm³/mol. The Morgan fingerprint density at radius 1 is 1.14 bits per heavy atom. The molecule has 0 saturated heterocycles. The van der Waals surface area contributed by atoms with Gasteiger partial charge >= 0.3 is 0 Å². The zero-order valence-electron chi connectivity index (χ0n) is 16.7. The number of hydrogen-bond donors (Lipinski definition) is 0. The lowest BCUT2D eigenvalue weighted by Gasteiger charge is -2.50. The van der Waals surface area contributed by atoms with E-state index in [1.165, 1.54) is 5.56 Å². The van der Waals surface area contributed by atoms with Crippen LogP contribution in [0.3, 0.4) is 0 Å². The molecule has 0 radical (unpaired) electrons. The van der Waals surface area contributed by atoms with E-state index >= 15 is 0 Å². The van der Waals surface area contributed by atoms with Crippen molar-refractivity contribution in [2.24, 2.45) is 11.3 Å². The molecule has 0 aliphatic heterocycles. The molecule has 0 amide bonds. The normalized spacial score (nSPS) is 25.2. The highest BCUT2D eigenvalue weighted by Crippen LogP contribution is 2.54. The van der Waals surface area contributed by atoms with Gasteiger partial charge in [-0.3, -0.25) is 4.98 Å². The van der Waals surface area contributed by atoms with Crippen molar-refractivity contribution < 1.29 is 9.53 Å². The van der Waals surface area contributed by atoms with Gasteiger partial charge in [-0.25, -0.2) is 4.85 Å². The maximum Gasteiger partial charge on any atom is 0.226 e. The Balaban J connectivity index is 1.88. The number of ether oxygens (including phenoxy) is 1. The van der Waals surface area contributed by atoms with Crippen LogP contribution in [0.1, 0.15) is 38.4 Å². The number of aryl methyl sites for hydroxylation is 1. The Morgan fingerprint density at radius 3 is 2.50 bits per heavy atom. The third kappa shape index (κ3) is 2.57. The van der Waals surface area contributed by atoms with Gasteiger partial charge in [0, 0.05) is 16.4 Å². The van der Waals surface area contributed by atoms with Gasteiger partial charge in [0.2, 0.25) is 5.70 Å². The lowest BCUT2D eigenvalue weighted by molar-refractivity contribution is -0.128. The largest absolute Gasteiger partial charge is 0.497 e. The number of Topliss-reactive ketones (excluding diaryl/α,β-unsaturated/α-hetero) is 1. The maximum absolute atomic E-state index is 12.8. The van der Waals surface area contributed by atoms with Crippen molar-refractivity contribution in [1.82, 2.24) is 4.98 Å². The summed E-state index contributed by atoms with van der Waals surface area (Å²) in [6.45, 7) is 13.6. The van der Waals surface area contributed by atoms with E-state index in [0.29, 0.717) is 0 Å². The molecule has 4 rings (SSSR count). The summed E-state index contributed by atoms with van der Waals surface area (Å²) in [5, 5.41) is 0. The van der Waals surface area contributed by atoms with Crippen molar-refractivity contribution in [3.8, 4) is 17.0 Å². The summed E-state index contributed by atoms with van der Waals surface area (Å²) in [5.74, 6) is 0.898. The molecular weight excluding hydrogens is 348 g/mol. The first kappa shape index (κ1) is 18.4. The highest BCUT2D eigenvalue weighted by Gasteiger charge is 2.54. The Labute approximate surface area is 166 Å². The molecule has 2 aromatic rings. The molecule has 0 bridgehead atoms. The first-order valence-electron chi connectivity index (χ1n) is 9.61. The summed E-state index contributed by atoms with van der Waals surface area (Å²) in [7, 11) is 1.65. The van der Waals surface area contributed by atoms with Crippen molar-refractivity contribution in [2.45, 2.75) is 39.0 Å². The molecule has 0 spiro atoms. The van der Waals surface area contributed by atoms with Crippen LogP contribution in [-0.4, -0.2) is 17.9 Å². The van der Waals surface area contributed by atoms with E-state index < -0.39 is 10.8 Å². The second-order valence-electron chi connectivity index (χ2n) is 8.50. The average molecular weight is 372 g/mol. The number of hydrogen-bond acceptors (Lipinski definition) is 3. The van der Waals surface area contributed by atoms with Crippen LogP contribution in [0.25, 0.3) is 16.1 Å². The van der Waals surface area contributed by atoms with Gasteiger partial charge < -0.3 is 9.53 Å². The van der Waals surface area contributed by atoms with E-state index in [4.69, 9.17) is 16.3 Å². The minimum atomic E-state index is -0.571. The molecule has 0 N–H and O–H groups in total. The monoisotopic (exact) mass is 372 g/mol. The van der Waals surface area contributed by atoms with Crippen LogP contribution >= 0.6 is 0 Å². The van der Waals surface area contributed by atoms with E-state index in [1.54, 1.807) is 7.11 Å². The number of pyridine rings is 1. The molecule has 2 aliphatic rings. The summed E-state index contributed by atoms with van der Waals surface area (Å²) < 4.78 is 5.25. The molecular formula is C24H24N2O2. The first-order valence-corrected chi connectivity index (χ1v) is 9.61. The van der Waals surface area contributed by atoms with Crippen LogP contribution in [-0.2, 0) is 16.6 Å². The number of fused-ring (bicyclic) bond motifs is 3. The molecule has 142 valence electrons. The first-order chi connectivity index (χ1) is 13.3. The molecule has 1 aromatic carbocycles. The summed E-state index contributed by atoms with van der Waals surface area (Å²) in [4.78, 5) is 21.4. The van der Waals surface area contributed by atoms with Crippen LogP contribution in [0.5, 0.6) is 5.75 Å². The van der Waals surface area contributed by atoms with Gasteiger partial charge in [-0.1, -0.05) is 32.9 Å². The number of ketones is 1. The summed E-state index contributed by atoms with van der Waals surface area (Å²) in [6, 6.07) is 12.1. The summed E-state index contributed by atoms with van der Waals surface area (Å²) in [5.41, 5.74) is 3.38. The molecule has 28 heavy (non-hydrogen) atoms. The second-order valence-corrected chi connectivity index (χ2v) is 8.50. The molecule has 0 fully saturated rings. The second kappa shape index (κ2) is 6.31. The van der Waals surface area contributed by atoms with Gasteiger partial charge in [0.15, 0.2) is 5.78 Å². The zero-order valence-corrected chi connectivity index (χ0v) is 16.7. The molecule has 2 aliphatic carbocycles. The lowest BCUT2D eigenvalue weighted by Crippen LogP contribution is -2.51. The standard InChI is InChI=1S/C24H24N2O2/c1-23(2)20-13-9-16-8-12-18(15-6-10-17(28-5)11-7-15)26-21(16)24(20,3)14-19(25-4)22(23)27/h6-8,10-12,14,20H,9,13H2,1-3,5H3/t20-,24-/m0/s1. The van der Waals surface area contributed by atoms with Crippen molar-refractivity contribution in [2.75, 3.05) is 7.11 Å². The highest BCUT2D eigenvalue weighted by molar-refractivity contribution is 6.02. The van der Waals surface area contributed by atoms with Crippen LogP contribution in [0.15, 0.2) is 48.2 Å². The molecule has 0 saturated carbocycles. The molecule has 1 aromatic heterocycles. The third-order valence-electron chi connectivity index (χ3n) is 6.55. The number of benzene rings is 1. The Kier molecular flexibility index (Phi) is 4.15. The van der Waals surface area contributed by atoms with Crippen molar-refractivity contribution in [1.29, 1.82) is 0 Å². The van der Waals surface area contributed by atoms with Gasteiger partial charge in [0.05, 0.1) is 25.1 Å². The lowest BCUT2D eigenvalue weighted by atomic mass is 9.53. The number of carbonyl (C=O) groups excluding carboxylic acids is 1. The van der Waals surface area contributed by atoms with Crippen molar-refractivity contribution in [3.63, 3.8) is 0 Å². The Morgan fingerprint density at radius 2 is 1.86 bits per heavy atom.